The maximum atomic E-state index is 12.0. The molecule has 24 heavy (non-hydrogen) atoms. The third kappa shape index (κ3) is 3.88. The van der Waals surface area contributed by atoms with Gasteiger partial charge in [0.15, 0.2) is 5.16 Å². The third-order valence-corrected chi connectivity index (χ3v) is 5.83. The monoisotopic (exact) mass is 357 g/mol. The molecule has 0 bridgehead atoms. The predicted molar refractivity (Wildman–Crippen MR) is 100 cm³/mol. The van der Waals surface area contributed by atoms with E-state index < -0.39 is 0 Å². The minimum Gasteiger partial charge on any atom is -0.350 e. The highest BCUT2D eigenvalue weighted by molar-refractivity contribution is 7.99. The molecule has 2 aromatic heterocycles. The Hall–Kier alpha value is -2.05. The van der Waals surface area contributed by atoms with Crippen molar-refractivity contribution < 1.29 is 4.79 Å². The minimum absolute atomic E-state index is 0.0251. The summed E-state index contributed by atoms with van der Waals surface area (Å²) in [6.07, 6.45) is 1.85. The number of thiophene rings is 1. The summed E-state index contributed by atoms with van der Waals surface area (Å²) < 4.78 is 2.02. The maximum Gasteiger partial charge on any atom is 0.230 e. The van der Waals surface area contributed by atoms with Gasteiger partial charge in [0.25, 0.3) is 0 Å². The number of nitrogens with zero attached hydrogens (tertiary/aromatic N) is 2. The quantitative estimate of drug-likeness (QED) is 0.681. The van der Waals surface area contributed by atoms with E-state index in [1.54, 1.807) is 11.3 Å². The van der Waals surface area contributed by atoms with E-state index in [0.29, 0.717) is 12.3 Å². The Balaban J connectivity index is 1.56. The van der Waals surface area contributed by atoms with E-state index >= 15 is 0 Å². The molecule has 3 rings (SSSR count). The number of thioether (sulfide) groups is 1. The summed E-state index contributed by atoms with van der Waals surface area (Å²) in [5.41, 5.74) is 3.40. The molecule has 2 heterocycles. The fraction of sp³-hybridized carbons (Fsp3) is 0.222. The van der Waals surface area contributed by atoms with Crippen LogP contribution in [0.3, 0.4) is 0 Å². The van der Waals surface area contributed by atoms with Gasteiger partial charge < -0.3 is 9.88 Å². The number of imidazole rings is 1. The van der Waals surface area contributed by atoms with Crippen molar-refractivity contribution in [1.29, 1.82) is 0 Å². The van der Waals surface area contributed by atoms with Gasteiger partial charge in [0.05, 0.1) is 24.2 Å². The molecule has 0 unspecified atom stereocenters. The molecule has 0 fully saturated rings. The molecule has 124 valence electrons. The molecule has 0 saturated heterocycles. The van der Waals surface area contributed by atoms with Crippen molar-refractivity contribution >= 4 is 29.0 Å². The number of amides is 1. The summed E-state index contributed by atoms with van der Waals surface area (Å²) in [4.78, 5) is 17.7. The Morgan fingerprint density at radius 2 is 2.08 bits per heavy atom. The summed E-state index contributed by atoms with van der Waals surface area (Å²) in [6, 6.07) is 12.2. The number of aryl methyl sites for hydroxylation is 1. The van der Waals surface area contributed by atoms with Crippen LogP contribution in [0, 0.1) is 6.92 Å². The highest BCUT2D eigenvalue weighted by Gasteiger charge is 2.11. The lowest BCUT2D eigenvalue weighted by Gasteiger charge is -2.07. The number of rotatable bonds is 6. The van der Waals surface area contributed by atoms with Crippen LogP contribution in [0.25, 0.3) is 11.3 Å². The minimum atomic E-state index is 0.0251. The maximum absolute atomic E-state index is 12.0. The first kappa shape index (κ1) is 16.8. The van der Waals surface area contributed by atoms with Crippen LogP contribution in [0.4, 0.5) is 0 Å². The first-order chi connectivity index (χ1) is 11.6. The number of aromatic nitrogens is 2. The summed E-state index contributed by atoms with van der Waals surface area (Å²) in [5, 5.41) is 5.86. The molecule has 0 spiro atoms. The van der Waals surface area contributed by atoms with Crippen molar-refractivity contribution in [2.24, 2.45) is 7.05 Å². The summed E-state index contributed by atoms with van der Waals surface area (Å²) in [5.74, 6) is 0.390. The summed E-state index contributed by atoms with van der Waals surface area (Å²) in [7, 11) is 1.98. The van der Waals surface area contributed by atoms with E-state index in [4.69, 9.17) is 0 Å². The molecule has 3 aromatic rings. The molecule has 6 heteroatoms. The molecule has 1 amide bonds. The molecule has 0 radical (unpaired) electrons. The zero-order chi connectivity index (χ0) is 16.9. The van der Waals surface area contributed by atoms with Crippen molar-refractivity contribution in [2.45, 2.75) is 18.6 Å². The highest BCUT2D eigenvalue weighted by Crippen LogP contribution is 2.24. The number of carbonyl (C=O) groups excluding carboxylic acids is 1. The van der Waals surface area contributed by atoms with Gasteiger partial charge in [-0.2, -0.15) is 0 Å². The van der Waals surface area contributed by atoms with Crippen molar-refractivity contribution in [3.05, 3.63) is 58.4 Å². The fourth-order valence-corrected chi connectivity index (χ4v) is 3.98. The molecule has 4 nitrogen and oxygen atoms in total. The average molecular weight is 358 g/mol. The highest BCUT2D eigenvalue weighted by atomic mass is 32.2. The van der Waals surface area contributed by atoms with Gasteiger partial charge in [-0.15, -0.1) is 11.3 Å². The third-order valence-electron chi connectivity index (χ3n) is 3.76. The molecule has 0 aliphatic carbocycles. The number of carbonyl (C=O) groups is 1. The lowest BCUT2D eigenvalue weighted by atomic mass is 10.2. The predicted octanol–water partition coefficient (Wildman–Crippen LogP) is 3.87. The second kappa shape index (κ2) is 7.68. The van der Waals surface area contributed by atoms with E-state index in [1.165, 1.54) is 22.2 Å². The molecule has 1 aromatic carbocycles. The molecular weight excluding hydrogens is 338 g/mol. The largest absolute Gasteiger partial charge is 0.350 e. The smallest absolute Gasteiger partial charge is 0.230 e. The molecule has 0 atom stereocenters. The van der Waals surface area contributed by atoms with Crippen LogP contribution < -0.4 is 5.32 Å². The summed E-state index contributed by atoms with van der Waals surface area (Å²) >= 11 is 3.13. The Kier molecular flexibility index (Phi) is 5.37. The Bertz CT molecular complexity index is 824. The van der Waals surface area contributed by atoms with E-state index in [2.05, 4.69) is 35.4 Å². The van der Waals surface area contributed by atoms with Crippen LogP contribution in [0.1, 0.15) is 10.4 Å². The average Bonchev–Trinajstić information content (AvgIpc) is 3.17. The van der Waals surface area contributed by atoms with Crippen molar-refractivity contribution in [1.82, 2.24) is 14.9 Å². The molecule has 0 aliphatic rings. The normalized spacial score (nSPS) is 10.8. The van der Waals surface area contributed by atoms with Crippen LogP contribution in [0.2, 0.25) is 0 Å². The zero-order valence-electron chi connectivity index (χ0n) is 13.7. The van der Waals surface area contributed by atoms with Gasteiger partial charge >= 0.3 is 0 Å². The molecular formula is C18H19N3OS2. The first-order valence-electron chi connectivity index (χ1n) is 7.65. The van der Waals surface area contributed by atoms with Crippen molar-refractivity contribution in [2.75, 3.05) is 5.75 Å². The number of hydrogen-bond donors (Lipinski definition) is 1. The molecule has 0 saturated carbocycles. The fourth-order valence-electron chi connectivity index (χ4n) is 2.35. The molecule has 0 aliphatic heterocycles. The first-order valence-corrected chi connectivity index (χ1v) is 9.51. The van der Waals surface area contributed by atoms with Gasteiger partial charge in [0.1, 0.15) is 0 Å². The van der Waals surface area contributed by atoms with E-state index in [1.807, 2.05) is 41.4 Å². The standard InChI is InChI=1S/C18H19N3OS2/c1-13-8-9-23-16(13)11-19-17(22)12-24-18-20-10-15(21(18)2)14-6-4-3-5-7-14/h3-10H,11-12H2,1-2H3,(H,19,22). The topological polar surface area (TPSA) is 46.9 Å². The van der Waals surface area contributed by atoms with Gasteiger partial charge in [-0.25, -0.2) is 4.98 Å². The van der Waals surface area contributed by atoms with Crippen LogP contribution in [-0.2, 0) is 18.4 Å². The lowest BCUT2D eigenvalue weighted by Crippen LogP contribution is -2.24. The Morgan fingerprint density at radius 1 is 1.29 bits per heavy atom. The van der Waals surface area contributed by atoms with Crippen LogP contribution in [0.15, 0.2) is 53.1 Å². The Labute approximate surface area is 149 Å². The van der Waals surface area contributed by atoms with Crippen molar-refractivity contribution in [3.8, 4) is 11.3 Å². The lowest BCUT2D eigenvalue weighted by molar-refractivity contribution is -0.118. The van der Waals surface area contributed by atoms with Crippen LogP contribution >= 0.6 is 23.1 Å². The van der Waals surface area contributed by atoms with Gasteiger partial charge in [-0.3, -0.25) is 4.79 Å². The van der Waals surface area contributed by atoms with Gasteiger partial charge in [-0.05, 0) is 29.5 Å². The number of hydrogen-bond acceptors (Lipinski definition) is 4. The van der Waals surface area contributed by atoms with Crippen LogP contribution in [-0.4, -0.2) is 21.2 Å². The van der Waals surface area contributed by atoms with E-state index in [0.717, 1.165) is 16.4 Å². The van der Waals surface area contributed by atoms with E-state index in [-0.39, 0.29) is 5.91 Å². The SMILES string of the molecule is Cc1ccsc1CNC(=O)CSc1ncc(-c2ccccc2)n1C. The van der Waals surface area contributed by atoms with Gasteiger partial charge in [0, 0.05) is 11.9 Å². The zero-order valence-corrected chi connectivity index (χ0v) is 15.3. The summed E-state index contributed by atoms with van der Waals surface area (Å²) in [6.45, 7) is 2.66. The second-order valence-corrected chi connectivity index (χ2v) is 7.39. The van der Waals surface area contributed by atoms with E-state index in [9.17, 15) is 4.79 Å². The molecule has 1 N–H and O–H groups in total. The van der Waals surface area contributed by atoms with Crippen LogP contribution in [0.5, 0.6) is 0 Å². The Morgan fingerprint density at radius 3 is 2.79 bits per heavy atom. The number of benzene rings is 1. The van der Waals surface area contributed by atoms with Crippen molar-refractivity contribution in [3.63, 3.8) is 0 Å². The van der Waals surface area contributed by atoms with Gasteiger partial charge in [-0.1, -0.05) is 42.1 Å². The van der Waals surface area contributed by atoms with Gasteiger partial charge in [0.2, 0.25) is 5.91 Å². The second-order valence-electron chi connectivity index (χ2n) is 5.44. The number of nitrogens with one attached hydrogen (secondary N) is 1.